The minimum absolute atomic E-state index is 0.0164. The fourth-order valence-corrected chi connectivity index (χ4v) is 2.88. The summed E-state index contributed by atoms with van der Waals surface area (Å²) in [6.45, 7) is 0.453. The van der Waals surface area contributed by atoms with Gasteiger partial charge in [-0.15, -0.1) is 0 Å². The minimum Gasteiger partial charge on any atom is -0.390 e. The minimum atomic E-state index is -0.551. The van der Waals surface area contributed by atoms with Gasteiger partial charge >= 0.3 is 0 Å². The lowest BCUT2D eigenvalue weighted by atomic mass is 9.84. The van der Waals surface area contributed by atoms with Crippen molar-refractivity contribution in [1.29, 1.82) is 0 Å². The molecule has 1 heterocycles. The molecule has 0 aromatic carbocycles. The zero-order chi connectivity index (χ0) is 13.7. The first-order chi connectivity index (χ1) is 9.15. The molecule has 0 bridgehead atoms. The fraction of sp³-hybridized carbons (Fsp3) is 0.667. The van der Waals surface area contributed by atoms with Crippen LogP contribution in [-0.2, 0) is 6.54 Å². The van der Waals surface area contributed by atoms with Crippen LogP contribution in [0, 0.1) is 5.92 Å². The van der Waals surface area contributed by atoms with Crippen molar-refractivity contribution in [2.45, 2.75) is 57.2 Å². The molecule has 106 valence electrons. The van der Waals surface area contributed by atoms with E-state index < -0.39 is 6.10 Å². The van der Waals surface area contributed by atoms with E-state index in [-0.39, 0.29) is 11.5 Å². The number of rotatable bonds is 5. The maximum absolute atomic E-state index is 11.0. The van der Waals surface area contributed by atoms with E-state index in [2.05, 4.69) is 0 Å². The number of aliphatic hydroxyl groups excluding tert-OH is 1. The van der Waals surface area contributed by atoms with Gasteiger partial charge in [0.15, 0.2) is 5.43 Å². The zero-order valence-corrected chi connectivity index (χ0v) is 11.4. The first kappa shape index (κ1) is 14.3. The summed E-state index contributed by atoms with van der Waals surface area (Å²) in [6.07, 6.45) is 10.2. The van der Waals surface area contributed by atoms with Crippen LogP contribution in [0.25, 0.3) is 0 Å². The average molecular weight is 264 g/mol. The molecule has 1 aliphatic rings. The van der Waals surface area contributed by atoms with Crippen LogP contribution >= 0.6 is 0 Å². The van der Waals surface area contributed by atoms with Crippen LogP contribution in [0.15, 0.2) is 29.3 Å². The average Bonchev–Trinajstić information content (AvgIpc) is 2.42. The Morgan fingerprint density at radius 3 is 2.53 bits per heavy atom. The molecule has 0 aliphatic heterocycles. The molecule has 2 rings (SSSR count). The van der Waals surface area contributed by atoms with Gasteiger partial charge < -0.3 is 15.4 Å². The summed E-state index contributed by atoms with van der Waals surface area (Å²) < 4.78 is 1.81. The number of aliphatic hydroxyl groups is 1. The van der Waals surface area contributed by atoms with Gasteiger partial charge in [0, 0.05) is 37.1 Å². The first-order valence-electron chi connectivity index (χ1n) is 7.25. The molecule has 0 saturated heterocycles. The molecule has 1 aliphatic carbocycles. The van der Waals surface area contributed by atoms with Crippen molar-refractivity contribution in [2.75, 3.05) is 0 Å². The Morgan fingerprint density at radius 1 is 1.26 bits per heavy atom. The van der Waals surface area contributed by atoms with Crippen LogP contribution in [0.2, 0.25) is 0 Å². The maximum atomic E-state index is 11.0. The monoisotopic (exact) mass is 264 g/mol. The Balaban J connectivity index is 1.82. The van der Waals surface area contributed by atoms with Gasteiger partial charge in [0.2, 0.25) is 0 Å². The van der Waals surface area contributed by atoms with Gasteiger partial charge in [-0.2, -0.15) is 0 Å². The van der Waals surface area contributed by atoms with Gasteiger partial charge in [-0.05, 0) is 12.3 Å². The van der Waals surface area contributed by atoms with Crippen LogP contribution in [-0.4, -0.2) is 21.8 Å². The number of nitrogens with two attached hydrogens (primary N) is 1. The van der Waals surface area contributed by atoms with E-state index >= 15 is 0 Å². The summed E-state index contributed by atoms with van der Waals surface area (Å²) in [5.41, 5.74) is 6.08. The second kappa shape index (κ2) is 6.87. The SMILES string of the molecule is N[C@@H](CC1CCCCC1)[C@@H](O)Cn1ccc(=O)cc1. The van der Waals surface area contributed by atoms with E-state index in [9.17, 15) is 9.90 Å². The van der Waals surface area contributed by atoms with E-state index in [0.29, 0.717) is 12.5 Å². The predicted molar refractivity (Wildman–Crippen MR) is 75.9 cm³/mol. The fourth-order valence-electron chi connectivity index (χ4n) is 2.88. The van der Waals surface area contributed by atoms with Crippen molar-refractivity contribution in [1.82, 2.24) is 4.57 Å². The molecule has 3 N–H and O–H groups in total. The Morgan fingerprint density at radius 2 is 1.89 bits per heavy atom. The summed E-state index contributed by atoms with van der Waals surface area (Å²) in [7, 11) is 0. The number of aromatic nitrogens is 1. The van der Waals surface area contributed by atoms with Crippen LogP contribution in [0.4, 0.5) is 0 Å². The van der Waals surface area contributed by atoms with Crippen molar-refractivity contribution < 1.29 is 5.11 Å². The molecular weight excluding hydrogens is 240 g/mol. The Bertz CT molecular complexity index is 418. The van der Waals surface area contributed by atoms with Crippen LogP contribution in [0.1, 0.15) is 38.5 Å². The molecule has 1 saturated carbocycles. The normalized spacial score (nSPS) is 20.1. The van der Waals surface area contributed by atoms with Crippen molar-refractivity contribution >= 4 is 0 Å². The molecule has 1 aromatic heterocycles. The number of hydrogen-bond acceptors (Lipinski definition) is 3. The summed E-state index contributed by atoms with van der Waals surface area (Å²) in [4.78, 5) is 11.0. The highest BCUT2D eigenvalue weighted by Crippen LogP contribution is 2.27. The first-order valence-corrected chi connectivity index (χ1v) is 7.25. The van der Waals surface area contributed by atoms with E-state index in [0.717, 1.165) is 6.42 Å². The molecule has 0 amide bonds. The molecule has 0 spiro atoms. The predicted octanol–water partition coefficient (Wildman–Crippen LogP) is 1.51. The molecule has 2 atom stereocenters. The second-order valence-electron chi connectivity index (χ2n) is 5.70. The molecule has 0 radical (unpaired) electrons. The lowest BCUT2D eigenvalue weighted by molar-refractivity contribution is 0.109. The van der Waals surface area contributed by atoms with E-state index in [1.54, 1.807) is 12.4 Å². The number of pyridine rings is 1. The Kier molecular flexibility index (Phi) is 5.16. The van der Waals surface area contributed by atoms with Gasteiger partial charge in [0.1, 0.15) is 0 Å². The quantitative estimate of drug-likeness (QED) is 0.847. The van der Waals surface area contributed by atoms with Crippen molar-refractivity contribution in [2.24, 2.45) is 11.7 Å². The van der Waals surface area contributed by atoms with Crippen molar-refractivity contribution in [3.8, 4) is 0 Å². The Hall–Kier alpha value is -1.13. The highest BCUT2D eigenvalue weighted by Gasteiger charge is 2.21. The van der Waals surface area contributed by atoms with E-state index in [4.69, 9.17) is 5.73 Å². The third-order valence-electron chi connectivity index (χ3n) is 4.08. The standard InChI is InChI=1S/C15H24N2O2/c16-14(10-12-4-2-1-3-5-12)15(19)11-17-8-6-13(18)7-9-17/h6-9,12,14-15,19H,1-5,10-11,16H2/t14-,15-/m0/s1. The van der Waals surface area contributed by atoms with Gasteiger partial charge in [0.05, 0.1) is 6.10 Å². The largest absolute Gasteiger partial charge is 0.390 e. The second-order valence-corrected chi connectivity index (χ2v) is 5.70. The maximum Gasteiger partial charge on any atom is 0.181 e. The topological polar surface area (TPSA) is 68.2 Å². The molecule has 4 heteroatoms. The summed E-state index contributed by atoms with van der Waals surface area (Å²) in [6, 6.07) is 2.82. The van der Waals surface area contributed by atoms with Gasteiger partial charge in [0.25, 0.3) is 0 Å². The number of nitrogens with zero attached hydrogens (tertiary/aromatic N) is 1. The third kappa shape index (κ3) is 4.48. The van der Waals surface area contributed by atoms with Gasteiger partial charge in [-0.1, -0.05) is 32.1 Å². The Labute approximate surface area is 114 Å². The molecule has 0 unspecified atom stereocenters. The molecule has 1 aromatic rings. The lowest BCUT2D eigenvalue weighted by Crippen LogP contribution is -2.39. The van der Waals surface area contributed by atoms with Crippen LogP contribution in [0.5, 0.6) is 0 Å². The summed E-state index contributed by atoms with van der Waals surface area (Å²) in [5.74, 6) is 0.674. The molecule has 1 fully saturated rings. The van der Waals surface area contributed by atoms with Crippen LogP contribution < -0.4 is 11.2 Å². The zero-order valence-electron chi connectivity index (χ0n) is 11.4. The van der Waals surface area contributed by atoms with Gasteiger partial charge in [-0.25, -0.2) is 0 Å². The summed E-state index contributed by atoms with van der Waals surface area (Å²) in [5, 5.41) is 10.1. The van der Waals surface area contributed by atoms with Crippen LogP contribution in [0.3, 0.4) is 0 Å². The van der Waals surface area contributed by atoms with Gasteiger partial charge in [-0.3, -0.25) is 4.79 Å². The number of hydrogen-bond donors (Lipinski definition) is 2. The smallest absolute Gasteiger partial charge is 0.181 e. The highest BCUT2D eigenvalue weighted by atomic mass is 16.3. The molecule has 4 nitrogen and oxygen atoms in total. The van der Waals surface area contributed by atoms with Crippen molar-refractivity contribution in [3.05, 3.63) is 34.7 Å². The van der Waals surface area contributed by atoms with Crippen molar-refractivity contribution in [3.63, 3.8) is 0 Å². The summed E-state index contributed by atoms with van der Waals surface area (Å²) >= 11 is 0. The third-order valence-corrected chi connectivity index (χ3v) is 4.08. The molecule has 19 heavy (non-hydrogen) atoms. The van der Waals surface area contributed by atoms with E-state index in [1.807, 2.05) is 4.57 Å². The highest BCUT2D eigenvalue weighted by molar-refractivity contribution is 4.94. The van der Waals surface area contributed by atoms with E-state index in [1.165, 1.54) is 44.2 Å². The lowest BCUT2D eigenvalue weighted by Gasteiger charge is -2.27. The molecular formula is C15H24N2O2.